The second-order valence-electron chi connectivity index (χ2n) is 3.33. The number of carbonyl (C=O) groups is 2. The predicted molar refractivity (Wildman–Crippen MR) is 56.9 cm³/mol. The molecule has 15 heavy (non-hydrogen) atoms. The third-order valence-electron chi connectivity index (χ3n) is 2.20. The highest BCUT2D eigenvalue weighted by Gasteiger charge is 2.18. The van der Waals surface area contributed by atoms with E-state index < -0.39 is 6.10 Å². The Bertz CT molecular complexity index is 343. The van der Waals surface area contributed by atoms with E-state index in [4.69, 9.17) is 4.74 Å². The number of hydrogen-bond donors (Lipinski definition) is 0. The van der Waals surface area contributed by atoms with Gasteiger partial charge in [0.15, 0.2) is 11.6 Å². The molecule has 1 rings (SSSR count). The number of benzene rings is 1. The lowest BCUT2D eigenvalue weighted by Gasteiger charge is -2.10. The summed E-state index contributed by atoms with van der Waals surface area (Å²) in [5.74, 6) is -0.195. The van der Waals surface area contributed by atoms with Crippen LogP contribution in [-0.4, -0.2) is 24.8 Å². The Labute approximate surface area is 89.1 Å². The largest absolute Gasteiger partial charge is 0.373 e. The zero-order valence-electron chi connectivity index (χ0n) is 8.90. The van der Waals surface area contributed by atoms with Crippen LogP contribution in [0, 0.1) is 0 Å². The van der Waals surface area contributed by atoms with Gasteiger partial charge in [-0.05, 0) is 6.92 Å². The molecule has 0 aromatic heterocycles. The first-order valence-corrected chi connectivity index (χ1v) is 4.76. The highest BCUT2D eigenvalue weighted by molar-refractivity contribution is 5.99. The number of Topliss-reactive ketones (excluding diaryl/α,β-unsaturated/α-hetero) is 2. The first-order chi connectivity index (χ1) is 7.15. The zero-order valence-corrected chi connectivity index (χ0v) is 8.90. The van der Waals surface area contributed by atoms with E-state index in [1.54, 1.807) is 24.3 Å². The monoisotopic (exact) mass is 206 g/mol. The fourth-order valence-corrected chi connectivity index (χ4v) is 1.30. The summed E-state index contributed by atoms with van der Waals surface area (Å²) in [7, 11) is 1.43. The molecule has 80 valence electrons. The maximum Gasteiger partial charge on any atom is 0.165 e. The third kappa shape index (κ3) is 3.29. The Morgan fingerprint density at radius 2 is 1.87 bits per heavy atom. The summed E-state index contributed by atoms with van der Waals surface area (Å²) in [6.07, 6.45) is -0.520. The summed E-state index contributed by atoms with van der Waals surface area (Å²) in [4.78, 5) is 22.8. The number of rotatable bonds is 5. The molecule has 3 nitrogen and oxygen atoms in total. The average molecular weight is 206 g/mol. The van der Waals surface area contributed by atoms with E-state index in [1.807, 2.05) is 6.07 Å². The Kier molecular flexibility index (Phi) is 4.18. The lowest BCUT2D eigenvalue weighted by Crippen LogP contribution is -2.23. The fraction of sp³-hybridized carbons (Fsp3) is 0.333. The van der Waals surface area contributed by atoms with Gasteiger partial charge >= 0.3 is 0 Å². The van der Waals surface area contributed by atoms with Crippen molar-refractivity contribution in [1.82, 2.24) is 0 Å². The highest BCUT2D eigenvalue weighted by Crippen LogP contribution is 2.07. The molecule has 0 aliphatic carbocycles. The summed E-state index contributed by atoms with van der Waals surface area (Å²) in [5, 5.41) is 0. The lowest BCUT2D eigenvalue weighted by atomic mass is 10.0. The molecule has 0 fully saturated rings. The molecule has 0 saturated carbocycles. The van der Waals surface area contributed by atoms with Crippen LogP contribution in [0.25, 0.3) is 0 Å². The molecule has 1 unspecified atom stereocenters. The van der Waals surface area contributed by atoms with Gasteiger partial charge in [0.1, 0.15) is 6.10 Å². The maximum absolute atomic E-state index is 11.7. The average Bonchev–Trinajstić information content (AvgIpc) is 2.26. The smallest absolute Gasteiger partial charge is 0.165 e. The second kappa shape index (κ2) is 5.41. The third-order valence-corrected chi connectivity index (χ3v) is 2.20. The van der Waals surface area contributed by atoms with Crippen molar-refractivity contribution in [3.63, 3.8) is 0 Å². The van der Waals surface area contributed by atoms with Crippen LogP contribution >= 0.6 is 0 Å². The van der Waals surface area contributed by atoms with E-state index in [0.717, 1.165) is 0 Å². The standard InChI is InChI=1S/C12H14O3/c1-9(13)12(15-2)8-11(14)10-6-4-3-5-7-10/h3-7,12H,8H2,1-2H3. The number of carbonyl (C=O) groups excluding carboxylic acids is 2. The van der Waals surface area contributed by atoms with Gasteiger partial charge in [0, 0.05) is 19.1 Å². The van der Waals surface area contributed by atoms with Crippen molar-refractivity contribution >= 4 is 11.6 Å². The van der Waals surface area contributed by atoms with Crippen LogP contribution in [0.15, 0.2) is 30.3 Å². The van der Waals surface area contributed by atoms with Gasteiger partial charge in [0.2, 0.25) is 0 Å². The number of hydrogen-bond acceptors (Lipinski definition) is 3. The predicted octanol–water partition coefficient (Wildman–Crippen LogP) is 1.86. The van der Waals surface area contributed by atoms with E-state index >= 15 is 0 Å². The van der Waals surface area contributed by atoms with Gasteiger partial charge < -0.3 is 4.74 Å². The van der Waals surface area contributed by atoms with Crippen molar-refractivity contribution in [2.75, 3.05) is 7.11 Å². The molecule has 1 atom stereocenters. The second-order valence-corrected chi connectivity index (χ2v) is 3.33. The van der Waals surface area contributed by atoms with Crippen LogP contribution in [0.5, 0.6) is 0 Å². The quantitative estimate of drug-likeness (QED) is 0.691. The lowest BCUT2D eigenvalue weighted by molar-refractivity contribution is -0.126. The highest BCUT2D eigenvalue weighted by atomic mass is 16.5. The van der Waals surface area contributed by atoms with Crippen molar-refractivity contribution in [2.24, 2.45) is 0 Å². The van der Waals surface area contributed by atoms with Crippen molar-refractivity contribution < 1.29 is 14.3 Å². The van der Waals surface area contributed by atoms with E-state index in [9.17, 15) is 9.59 Å². The normalized spacial score (nSPS) is 12.1. The molecule has 0 spiro atoms. The van der Waals surface area contributed by atoms with Crippen molar-refractivity contribution in [1.29, 1.82) is 0 Å². The fourth-order valence-electron chi connectivity index (χ4n) is 1.30. The molecule has 1 aromatic carbocycles. The first-order valence-electron chi connectivity index (χ1n) is 4.76. The van der Waals surface area contributed by atoms with Gasteiger partial charge in [0.25, 0.3) is 0 Å². The summed E-state index contributed by atoms with van der Waals surface area (Å²) >= 11 is 0. The molecule has 0 aliphatic heterocycles. The van der Waals surface area contributed by atoms with E-state index in [2.05, 4.69) is 0 Å². The van der Waals surface area contributed by atoms with Gasteiger partial charge in [-0.25, -0.2) is 0 Å². The van der Waals surface area contributed by atoms with Gasteiger partial charge in [-0.1, -0.05) is 30.3 Å². The minimum Gasteiger partial charge on any atom is -0.373 e. The Hall–Kier alpha value is -1.48. The molecule has 1 aromatic rings. The topological polar surface area (TPSA) is 43.4 Å². The van der Waals surface area contributed by atoms with E-state index in [1.165, 1.54) is 14.0 Å². The zero-order chi connectivity index (χ0) is 11.3. The maximum atomic E-state index is 11.7. The first kappa shape index (κ1) is 11.6. The van der Waals surface area contributed by atoms with Crippen LogP contribution in [0.1, 0.15) is 23.7 Å². The van der Waals surface area contributed by atoms with Crippen LogP contribution in [0.4, 0.5) is 0 Å². The van der Waals surface area contributed by atoms with Gasteiger partial charge in [-0.2, -0.15) is 0 Å². The van der Waals surface area contributed by atoms with Crippen LogP contribution in [-0.2, 0) is 9.53 Å². The molecule has 0 N–H and O–H groups in total. The van der Waals surface area contributed by atoms with Crippen LogP contribution < -0.4 is 0 Å². The summed E-state index contributed by atoms with van der Waals surface area (Å²) in [6, 6.07) is 8.89. The van der Waals surface area contributed by atoms with E-state index in [0.29, 0.717) is 5.56 Å². The molecule has 0 amide bonds. The minimum absolute atomic E-state index is 0.0716. The molecule has 0 aliphatic rings. The van der Waals surface area contributed by atoms with Crippen molar-refractivity contribution in [3.8, 4) is 0 Å². The van der Waals surface area contributed by atoms with Crippen molar-refractivity contribution in [2.45, 2.75) is 19.4 Å². The van der Waals surface area contributed by atoms with Gasteiger partial charge in [-0.3, -0.25) is 9.59 Å². The molecular formula is C12H14O3. The molecule has 3 heteroatoms. The van der Waals surface area contributed by atoms with Gasteiger partial charge in [0.05, 0.1) is 0 Å². The molecule has 0 radical (unpaired) electrons. The molecule has 0 saturated heterocycles. The Morgan fingerprint density at radius 3 is 2.33 bits per heavy atom. The summed E-state index contributed by atoms with van der Waals surface area (Å²) in [6.45, 7) is 1.42. The SMILES string of the molecule is COC(CC(=O)c1ccccc1)C(C)=O. The molecule has 0 bridgehead atoms. The summed E-state index contributed by atoms with van der Waals surface area (Å²) in [5.41, 5.74) is 0.612. The van der Waals surface area contributed by atoms with Gasteiger partial charge in [-0.15, -0.1) is 0 Å². The number of ether oxygens (including phenoxy) is 1. The van der Waals surface area contributed by atoms with Crippen LogP contribution in [0.3, 0.4) is 0 Å². The molecule has 0 heterocycles. The van der Waals surface area contributed by atoms with E-state index in [-0.39, 0.29) is 18.0 Å². The summed E-state index contributed by atoms with van der Waals surface area (Å²) < 4.78 is 4.93. The van der Waals surface area contributed by atoms with Crippen LogP contribution in [0.2, 0.25) is 0 Å². The molecular weight excluding hydrogens is 192 g/mol. The number of methoxy groups -OCH3 is 1. The Balaban J connectivity index is 2.67. The minimum atomic E-state index is -0.627. The van der Waals surface area contributed by atoms with Crippen molar-refractivity contribution in [3.05, 3.63) is 35.9 Å². The Morgan fingerprint density at radius 1 is 1.27 bits per heavy atom. The number of ketones is 2.